The Bertz CT molecular complexity index is 1610. The molecule has 3 heterocycles. The molecule has 8 heteroatoms. The second-order valence-electron chi connectivity index (χ2n) is 10.5. The Morgan fingerprint density at radius 3 is 2.40 bits per heavy atom. The number of benzene rings is 3. The number of aromatic amines is 1. The number of para-hydroxylation sites is 2. The minimum atomic E-state index is -1.15. The molecule has 2 aliphatic heterocycles. The summed E-state index contributed by atoms with van der Waals surface area (Å²) in [7, 11) is 4.86. The molecule has 4 aromatic rings. The largest absolute Gasteiger partial charge is 0.496 e. The van der Waals surface area contributed by atoms with Gasteiger partial charge in [0.05, 0.1) is 33.6 Å². The van der Waals surface area contributed by atoms with E-state index in [0.717, 1.165) is 39.0 Å². The van der Waals surface area contributed by atoms with Crippen molar-refractivity contribution in [1.29, 1.82) is 0 Å². The summed E-state index contributed by atoms with van der Waals surface area (Å²) in [5, 5.41) is 1.05. The number of hydrogen-bond donors (Lipinski definition) is 1. The fourth-order valence-corrected chi connectivity index (χ4v) is 6.39. The first-order valence-corrected chi connectivity index (χ1v) is 13.5. The zero-order valence-corrected chi connectivity index (χ0v) is 23.2. The third-order valence-corrected chi connectivity index (χ3v) is 8.45. The third-order valence-electron chi connectivity index (χ3n) is 8.45. The number of carbonyl (C=O) groups excluding carboxylic acids is 2. The van der Waals surface area contributed by atoms with Crippen molar-refractivity contribution >= 4 is 22.7 Å². The Hall–Kier alpha value is -4.46. The Balaban J connectivity index is 1.40. The lowest BCUT2D eigenvalue weighted by molar-refractivity contribution is -0.166. The van der Waals surface area contributed by atoms with Crippen molar-refractivity contribution in [3.8, 4) is 17.2 Å². The normalized spacial score (nSPS) is 20.4. The molecular weight excluding hydrogens is 506 g/mol. The first kappa shape index (κ1) is 25.8. The first-order valence-electron chi connectivity index (χ1n) is 13.5. The molecule has 0 spiro atoms. The molecule has 1 saturated heterocycles. The standard InChI is InChI=1S/C32H33N3O5/c1-32-30-29(22-10-5-7-11-24(22)33-30)23(21-9-6-8-12-25(21)38-2)18-35(32)28(36)19-34(31(32)37)16-15-20-13-14-26(39-3)27(17-20)40-4/h5-14,17,23,33H,15-16,18-19H2,1-4H3/t23-,32-/m0/s1. The van der Waals surface area contributed by atoms with Gasteiger partial charge in [-0.25, -0.2) is 0 Å². The van der Waals surface area contributed by atoms with E-state index < -0.39 is 5.54 Å². The zero-order chi connectivity index (χ0) is 28.0. The highest BCUT2D eigenvalue weighted by atomic mass is 16.5. The Labute approximate surface area is 233 Å². The number of rotatable bonds is 7. The van der Waals surface area contributed by atoms with E-state index in [9.17, 15) is 9.59 Å². The van der Waals surface area contributed by atoms with Gasteiger partial charge in [0.25, 0.3) is 5.91 Å². The number of aromatic nitrogens is 1. The number of hydrogen-bond acceptors (Lipinski definition) is 5. The van der Waals surface area contributed by atoms with Crippen molar-refractivity contribution in [3.05, 3.63) is 89.1 Å². The summed E-state index contributed by atoms with van der Waals surface area (Å²) in [6, 6.07) is 21.7. The molecule has 8 nitrogen and oxygen atoms in total. The van der Waals surface area contributed by atoms with Crippen LogP contribution in [-0.4, -0.2) is 67.6 Å². The maximum atomic E-state index is 14.3. The van der Waals surface area contributed by atoms with Crippen LogP contribution in [0.4, 0.5) is 0 Å². The number of H-pyrrole nitrogens is 1. The molecule has 0 bridgehead atoms. The van der Waals surface area contributed by atoms with Gasteiger partial charge in [-0.3, -0.25) is 9.59 Å². The van der Waals surface area contributed by atoms with Gasteiger partial charge < -0.3 is 29.0 Å². The van der Waals surface area contributed by atoms with Crippen LogP contribution < -0.4 is 14.2 Å². The number of amides is 2. The summed E-state index contributed by atoms with van der Waals surface area (Å²) in [5.41, 5.74) is 3.59. The van der Waals surface area contributed by atoms with Gasteiger partial charge in [-0.15, -0.1) is 0 Å². The van der Waals surface area contributed by atoms with Crippen LogP contribution in [0.15, 0.2) is 66.7 Å². The summed E-state index contributed by atoms with van der Waals surface area (Å²) < 4.78 is 16.5. The van der Waals surface area contributed by atoms with Gasteiger partial charge in [-0.2, -0.15) is 0 Å². The van der Waals surface area contributed by atoms with Crippen molar-refractivity contribution in [2.24, 2.45) is 0 Å². The molecule has 2 atom stereocenters. The predicted octanol–water partition coefficient (Wildman–Crippen LogP) is 4.47. The number of ether oxygens (including phenoxy) is 3. The zero-order valence-electron chi connectivity index (χ0n) is 23.2. The molecule has 6 rings (SSSR count). The lowest BCUT2D eigenvalue weighted by Crippen LogP contribution is -2.67. The second kappa shape index (κ2) is 9.93. The average Bonchev–Trinajstić information content (AvgIpc) is 3.39. The maximum Gasteiger partial charge on any atom is 0.254 e. The van der Waals surface area contributed by atoms with Gasteiger partial charge in [0.15, 0.2) is 17.0 Å². The molecule has 1 aromatic heterocycles. The first-order chi connectivity index (χ1) is 19.4. The Morgan fingerprint density at radius 1 is 0.900 bits per heavy atom. The van der Waals surface area contributed by atoms with Crippen LogP contribution in [0.3, 0.4) is 0 Å². The highest BCUT2D eigenvalue weighted by Gasteiger charge is 2.56. The van der Waals surface area contributed by atoms with Gasteiger partial charge in [0.1, 0.15) is 5.75 Å². The van der Waals surface area contributed by atoms with Gasteiger partial charge >= 0.3 is 0 Å². The number of fused-ring (bicyclic) bond motifs is 5. The second-order valence-corrected chi connectivity index (χ2v) is 10.5. The highest BCUT2D eigenvalue weighted by Crippen LogP contribution is 2.49. The fraction of sp³-hybridized carbons (Fsp3) is 0.312. The molecule has 1 N–H and O–H groups in total. The van der Waals surface area contributed by atoms with Crippen molar-refractivity contribution in [2.45, 2.75) is 24.8 Å². The van der Waals surface area contributed by atoms with E-state index >= 15 is 0 Å². The molecule has 0 unspecified atom stereocenters. The molecular formula is C32H33N3O5. The van der Waals surface area contributed by atoms with Crippen LogP contribution in [-0.2, 0) is 21.5 Å². The number of nitrogens with zero attached hydrogens (tertiary/aromatic N) is 2. The van der Waals surface area contributed by atoms with Crippen LogP contribution in [0.25, 0.3) is 10.9 Å². The number of methoxy groups -OCH3 is 3. The van der Waals surface area contributed by atoms with Crippen molar-refractivity contribution < 1.29 is 23.8 Å². The summed E-state index contributed by atoms with van der Waals surface area (Å²) in [6.07, 6.45) is 0.582. The molecule has 0 radical (unpaired) electrons. The van der Waals surface area contributed by atoms with E-state index in [1.165, 1.54) is 0 Å². The van der Waals surface area contributed by atoms with Gasteiger partial charge in [0, 0.05) is 35.5 Å². The van der Waals surface area contributed by atoms with Gasteiger partial charge in [-0.05, 0) is 48.7 Å². The Kier molecular flexibility index (Phi) is 6.41. The molecule has 0 aliphatic carbocycles. The molecule has 1 fully saturated rings. The minimum absolute atomic E-state index is 0.0376. The Morgan fingerprint density at radius 2 is 1.62 bits per heavy atom. The predicted molar refractivity (Wildman–Crippen MR) is 152 cm³/mol. The minimum Gasteiger partial charge on any atom is -0.496 e. The van der Waals surface area contributed by atoms with Gasteiger partial charge in [0.2, 0.25) is 5.91 Å². The SMILES string of the molecule is COc1ccc(CCN2CC(=O)N3C[C@@H](c4ccccc4OC)c4c([nH]c5ccccc45)[C@@]3(C)C2=O)cc1OC. The molecule has 40 heavy (non-hydrogen) atoms. The molecule has 206 valence electrons. The lowest BCUT2D eigenvalue weighted by Gasteiger charge is -2.51. The van der Waals surface area contributed by atoms with Crippen LogP contribution in [0.5, 0.6) is 17.2 Å². The summed E-state index contributed by atoms with van der Waals surface area (Å²) in [5.74, 6) is 1.75. The van der Waals surface area contributed by atoms with E-state index in [2.05, 4.69) is 11.1 Å². The van der Waals surface area contributed by atoms with Crippen LogP contribution in [0.2, 0.25) is 0 Å². The van der Waals surface area contributed by atoms with Crippen molar-refractivity contribution in [2.75, 3.05) is 41.0 Å². The summed E-state index contributed by atoms with van der Waals surface area (Å²) in [6.45, 7) is 2.72. The van der Waals surface area contributed by atoms with Crippen molar-refractivity contribution in [3.63, 3.8) is 0 Å². The molecule has 2 amide bonds. The van der Waals surface area contributed by atoms with Gasteiger partial charge in [-0.1, -0.05) is 42.5 Å². The lowest BCUT2D eigenvalue weighted by atomic mass is 9.76. The third kappa shape index (κ3) is 3.89. The maximum absolute atomic E-state index is 14.3. The quantitative estimate of drug-likeness (QED) is 0.375. The monoisotopic (exact) mass is 539 g/mol. The average molecular weight is 540 g/mol. The summed E-state index contributed by atoms with van der Waals surface area (Å²) in [4.78, 5) is 35.1. The van der Waals surface area contributed by atoms with E-state index in [1.54, 1.807) is 31.1 Å². The number of carbonyl (C=O) groups is 2. The highest BCUT2D eigenvalue weighted by molar-refractivity contribution is 6.01. The summed E-state index contributed by atoms with van der Waals surface area (Å²) >= 11 is 0. The fourth-order valence-electron chi connectivity index (χ4n) is 6.39. The molecule has 0 saturated carbocycles. The van der Waals surface area contributed by atoms with E-state index in [-0.39, 0.29) is 24.3 Å². The molecule has 3 aromatic carbocycles. The number of piperazine rings is 1. The topological polar surface area (TPSA) is 84.1 Å². The van der Waals surface area contributed by atoms with E-state index in [4.69, 9.17) is 14.2 Å². The smallest absolute Gasteiger partial charge is 0.254 e. The van der Waals surface area contributed by atoms with Crippen molar-refractivity contribution in [1.82, 2.24) is 14.8 Å². The van der Waals surface area contributed by atoms with Crippen LogP contribution in [0, 0.1) is 0 Å². The van der Waals surface area contributed by atoms with E-state index in [1.807, 2.05) is 67.6 Å². The van der Waals surface area contributed by atoms with Crippen LogP contribution in [0.1, 0.15) is 35.2 Å². The van der Waals surface area contributed by atoms with E-state index in [0.29, 0.717) is 31.0 Å². The molecule has 2 aliphatic rings. The number of nitrogens with one attached hydrogen (secondary N) is 1. The van der Waals surface area contributed by atoms with Crippen LogP contribution >= 0.6 is 0 Å².